The van der Waals surface area contributed by atoms with Crippen LogP contribution in [0.1, 0.15) is 45.6 Å². The minimum atomic E-state index is -0.847. The fraction of sp³-hybridized carbons (Fsp3) is 0.375. The van der Waals surface area contributed by atoms with Crippen molar-refractivity contribution in [1.29, 1.82) is 0 Å². The van der Waals surface area contributed by atoms with Crippen LogP contribution in [0.4, 0.5) is 4.79 Å². The Kier molecular flexibility index (Phi) is 6.61. The van der Waals surface area contributed by atoms with E-state index in [0.29, 0.717) is 0 Å². The van der Waals surface area contributed by atoms with E-state index in [9.17, 15) is 9.59 Å². The van der Waals surface area contributed by atoms with Crippen molar-refractivity contribution in [2.24, 2.45) is 5.73 Å². The number of para-hydroxylation sites is 1. The van der Waals surface area contributed by atoms with Crippen LogP contribution in [0.25, 0.3) is 16.3 Å². The number of benzene rings is 1. The van der Waals surface area contributed by atoms with Crippen molar-refractivity contribution < 1.29 is 14.3 Å². The number of rotatable bonds is 4. The van der Waals surface area contributed by atoms with Gasteiger partial charge in [0, 0.05) is 16.5 Å². The van der Waals surface area contributed by atoms with Crippen molar-refractivity contribution in [3.63, 3.8) is 0 Å². The number of ether oxygens (including phenoxy) is 1. The number of carbonyl (C=O) groups is 2. The van der Waals surface area contributed by atoms with Crippen molar-refractivity contribution >= 4 is 51.0 Å². The highest BCUT2D eigenvalue weighted by atomic mass is 79.9. The molecule has 2 atom stereocenters. The summed E-state index contributed by atoms with van der Waals surface area (Å²) < 4.78 is 7.87. The molecule has 0 radical (unpaired) electrons. The molecular formula is C24H27BrN4O3S2. The number of halogens is 1. The van der Waals surface area contributed by atoms with Gasteiger partial charge in [-0.15, -0.1) is 23.1 Å². The minimum Gasteiger partial charge on any atom is -0.444 e. The van der Waals surface area contributed by atoms with E-state index in [1.165, 1.54) is 16.7 Å². The standard InChI is InChI=1S/C24H27BrN4O3S2/c1-23(2,3)32-22(31)29-19(20(26)30)24(4,5)34-21(29)15-13-28(14-9-7-6-8-10-14)27-18(15)16-11-12-17(25)33-16/h6-13,19,21H,1-5H3,(H2,26,30)/t19-,21?/m0/s1. The second kappa shape index (κ2) is 9.05. The van der Waals surface area contributed by atoms with Crippen LogP contribution in [0, 0.1) is 0 Å². The average Bonchev–Trinajstić information content (AvgIpc) is 3.41. The van der Waals surface area contributed by atoms with Gasteiger partial charge < -0.3 is 10.5 Å². The minimum absolute atomic E-state index is 0.518. The van der Waals surface area contributed by atoms with Gasteiger partial charge in [-0.05, 0) is 74.8 Å². The van der Waals surface area contributed by atoms with Gasteiger partial charge in [0.05, 0.1) is 14.4 Å². The summed E-state index contributed by atoms with van der Waals surface area (Å²) in [5.74, 6) is -0.568. The first-order chi connectivity index (χ1) is 15.9. The van der Waals surface area contributed by atoms with Crippen LogP contribution in [-0.4, -0.2) is 43.1 Å². The molecule has 1 aliphatic rings. The molecule has 2 N–H and O–H groups in total. The number of thioether (sulfide) groups is 1. The maximum absolute atomic E-state index is 13.4. The topological polar surface area (TPSA) is 90.4 Å². The Morgan fingerprint density at radius 3 is 2.38 bits per heavy atom. The molecule has 1 aliphatic heterocycles. The highest BCUT2D eigenvalue weighted by Gasteiger charge is 2.55. The molecule has 4 rings (SSSR count). The highest BCUT2D eigenvalue weighted by molar-refractivity contribution is 9.11. The molecule has 34 heavy (non-hydrogen) atoms. The molecule has 1 fully saturated rings. The van der Waals surface area contributed by atoms with Gasteiger partial charge in [-0.25, -0.2) is 9.48 Å². The summed E-state index contributed by atoms with van der Waals surface area (Å²) >= 11 is 6.60. The zero-order chi connectivity index (χ0) is 24.8. The van der Waals surface area contributed by atoms with E-state index >= 15 is 0 Å². The first kappa shape index (κ1) is 24.8. The first-order valence-corrected chi connectivity index (χ1v) is 13.3. The number of primary amides is 1. The second-order valence-corrected chi connectivity index (χ2v) is 13.8. The normalized spacial score (nSPS) is 19.9. The predicted octanol–water partition coefficient (Wildman–Crippen LogP) is 5.98. The molecular weight excluding hydrogens is 536 g/mol. The summed E-state index contributed by atoms with van der Waals surface area (Å²) in [5.41, 5.74) is 7.55. The zero-order valence-electron chi connectivity index (χ0n) is 19.6. The summed E-state index contributed by atoms with van der Waals surface area (Å²) in [6, 6.07) is 12.9. The van der Waals surface area contributed by atoms with E-state index in [1.807, 2.05) is 62.5 Å². The number of hydrogen-bond acceptors (Lipinski definition) is 6. The lowest BCUT2D eigenvalue weighted by molar-refractivity contribution is -0.123. The molecule has 2 aromatic heterocycles. The summed E-state index contributed by atoms with van der Waals surface area (Å²) in [6.07, 6.45) is 1.34. The molecule has 1 aromatic carbocycles. The SMILES string of the molecule is CC(C)(C)OC(=O)N1C(c2cn(-c3ccccc3)nc2-c2ccc(Br)s2)SC(C)(C)[C@@H]1C(N)=O. The maximum Gasteiger partial charge on any atom is 0.412 e. The molecule has 3 aromatic rings. The van der Waals surface area contributed by atoms with E-state index in [1.54, 1.807) is 36.8 Å². The fourth-order valence-electron chi connectivity index (χ4n) is 4.00. The Bertz CT molecular complexity index is 1220. The second-order valence-electron chi connectivity index (χ2n) is 9.58. The molecule has 3 heterocycles. The Morgan fingerprint density at radius 1 is 1.15 bits per heavy atom. The third-order valence-corrected chi connectivity index (χ3v) is 8.48. The van der Waals surface area contributed by atoms with Gasteiger partial charge in [-0.3, -0.25) is 9.69 Å². The van der Waals surface area contributed by atoms with Crippen LogP contribution in [-0.2, 0) is 9.53 Å². The molecule has 0 spiro atoms. The summed E-state index contributed by atoms with van der Waals surface area (Å²) in [4.78, 5) is 28.4. The maximum atomic E-state index is 13.4. The van der Waals surface area contributed by atoms with E-state index < -0.39 is 33.8 Å². The molecule has 0 bridgehead atoms. The van der Waals surface area contributed by atoms with Crippen LogP contribution < -0.4 is 5.73 Å². The van der Waals surface area contributed by atoms with Crippen LogP contribution in [0.3, 0.4) is 0 Å². The number of hydrogen-bond donors (Lipinski definition) is 1. The van der Waals surface area contributed by atoms with Crippen molar-refractivity contribution in [3.8, 4) is 16.3 Å². The number of nitrogens with two attached hydrogens (primary N) is 1. The van der Waals surface area contributed by atoms with Crippen LogP contribution in [0.15, 0.2) is 52.4 Å². The van der Waals surface area contributed by atoms with Gasteiger partial charge in [0.25, 0.3) is 0 Å². The molecule has 2 amide bonds. The van der Waals surface area contributed by atoms with Crippen LogP contribution >= 0.6 is 39.0 Å². The van der Waals surface area contributed by atoms with Crippen molar-refractivity contribution in [2.75, 3.05) is 0 Å². The molecule has 1 unspecified atom stereocenters. The van der Waals surface area contributed by atoms with Gasteiger partial charge in [-0.2, -0.15) is 5.10 Å². The van der Waals surface area contributed by atoms with Gasteiger partial charge in [-0.1, -0.05) is 18.2 Å². The number of aromatic nitrogens is 2. The van der Waals surface area contributed by atoms with Crippen molar-refractivity contribution in [3.05, 3.63) is 58.0 Å². The molecule has 1 saturated heterocycles. The average molecular weight is 564 g/mol. The van der Waals surface area contributed by atoms with E-state index in [2.05, 4.69) is 15.9 Å². The predicted molar refractivity (Wildman–Crippen MR) is 140 cm³/mol. The van der Waals surface area contributed by atoms with Gasteiger partial charge >= 0.3 is 6.09 Å². The number of carbonyl (C=O) groups excluding carboxylic acids is 2. The zero-order valence-corrected chi connectivity index (χ0v) is 22.8. The Labute approximate surface area is 215 Å². The van der Waals surface area contributed by atoms with E-state index in [-0.39, 0.29) is 0 Å². The molecule has 180 valence electrons. The lowest BCUT2D eigenvalue weighted by atomic mass is 10.0. The number of amides is 2. The molecule has 0 saturated carbocycles. The largest absolute Gasteiger partial charge is 0.444 e. The molecule has 7 nitrogen and oxygen atoms in total. The van der Waals surface area contributed by atoms with E-state index in [4.69, 9.17) is 15.6 Å². The lowest BCUT2D eigenvalue weighted by Crippen LogP contribution is -2.53. The van der Waals surface area contributed by atoms with Gasteiger partial charge in [0.1, 0.15) is 22.7 Å². The molecule has 0 aliphatic carbocycles. The van der Waals surface area contributed by atoms with Crippen LogP contribution in [0.5, 0.6) is 0 Å². The Balaban J connectivity index is 1.88. The summed E-state index contributed by atoms with van der Waals surface area (Å²) in [5, 5.41) is 4.37. The lowest BCUT2D eigenvalue weighted by Gasteiger charge is -2.32. The highest BCUT2D eigenvalue weighted by Crippen LogP contribution is 2.54. The third-order valence-electron chi connectivity index (χ3n) is 5.31. The van der Waals surface area contributed by atoms with Gasteiger partial charge in [0.15, 0.2) is 0 Å². The fourth-order valence-corrected chi connectivity index (χ4v) is 6.95. The Morgan fingerprint density at radius 2 is 1.82 bits per heavy atom. The van der Waals surface area contributed by atoms with Gasteiger partial charge in [0.2, 0.25) is 5.91 Å². The van der Waals surface area contributed by atoms with E-state index in [0.717, 1.165) is 25.6 Å². The summed E-state index contributed by atoms with van der Waals surface area (Å²) in [6.45, 7) is 9.25. The smallest absolute Gasteiger partial charge is 0.412 e. The van der Waals surface area contributed by atoms with Crippen molar-refractivity contribution in [1.82, 2.24) is 14.7 Å². The van der Waals surface area contributed by atoms with Crippen LogP contribution in [0.2, 0.25) is 0 Å². The Hall–Kier alpha value is -2.30. The van der Waals surface area contributed by atoms with Crippen molar-refractivity contribution in [2.45, 2.75) is 56.4 Å². The summed E-state index contributed by atoms with van der Waals surface area (Å²) in [7, 11) is 0. The number of thiophene rings is 1. The molecule has 10 heteroatoms. The monoisotopic (exact) mass is 562 g/mol. The number of nitrogens with zero attached hydrogens (tertiary/aromatic N) is 3. The first-order valence-electron chi connectivity index (χ1n) is 10.8. The third kappa shape index (κ3) is 4.89. The quantitative estimate of drug-likeness (QED) is 0.422.